The van der Waals surface area contributed by atoms with E-state index in [0.29, 0.717) is 17.2 Å². The van der Waals surface area contributed by atoms with E-state index in [2.05, 4.69) is 5.32 Å². The summed E-state index contributed by atoms with van der Waals surface area (Å²) >= 11 is 0. The van der Waals surface area contributed by atoms with E-state index in [1.807, 2.05) is 38.1 Å². The maximum atomic E-state index is 13.5. The number of hydrogen-bond acceptors (Lipinski definition) is 5. The molecule has 1 amide bonds. The highest BCUT2D eigenvalue weighted by atomic mass is 32.2. The molecule has 3 rings (SSSR count). The number of para-hydroxylation sites is 1. The third-order valence-corrected chi connectivity index (χ3v) is 7.03. The lowest BCUT2D eigenvalue weighted by atomic mass is 10.1. The van der Waals surface area contributed by atoms with Gasteiger partial charge in [0.25, 0.3) is 10.0 Å². The number of amides is 1. The number of anilines is 1. The van der Waals surface area contributed by atoms with E-state index < -0.39 is 15.9 Å². The smallest absolute Gasteiger partial charge is 0.264 e. The van der Waals surface area contributed by atoms with Gasteiger partial charge in [-0.15, -0.1) is 0 Å². The van der Waals surface area contributed by atoms with Gasteiger partial charge in [-0.05, 0) is 56.3 Å². The summed E-state index contributed by atoms with van der Waals surface area (Å²) in [6.07, 6.45) is 0. The van der Waals surface area contributed by atoms with Crippen LogP contribution < -0.4 is 19.1 Å². The fourth-order valence-electron chi connectivity index (χ4n) is 3.42. The van der Waals surface area contributed by atoms with Gasteiger partial charge in [0.2, 0.25) is 5.91 Å². The molecule has 0 unspecified atom stereocenters. The number of nitrogens with zero attached hydrogens (tertiary/aromatic N) is 1. The zero-order valence-electron chi connectivity index (χ0n) is 19.1. The van der Waals surface area contributed by atoms with E-state index in [-0.39, 0.29) is 17.5 Å². The molecule has 0 aliphatic carbocycles. The minimum Gasteiger partial charge on any atom is -0.497 e. The second-order valence-electron chi connectivity index (χ2n) is 7.55. The van der Waals surface area contributed by atoms with Gasteiger partial charge in [0.05, 0.1) is 30.8 Å². The van der Waals surface area contributed by atoms with Crippen LogP contribution >= 0.6 is 0 Å². The van der Waals surface area contributed by atoms with E-state index in [0.717, 1.165) is 15.4 Å². The first-order valence-electron chi connectivity index (χ1n) is 10.4. The molecule has 174 valence electrons. The first kappa shape index (κ1) is 24.1. The summed E-state index contributed by atoms with van der Waals surface area (Å²) in [5, 5.41) is 2.88. The third-order valence-electron chi connectivity index (χ3n) is 5.24. The largest absolute Gasteiger partial charge is 0.497 e. The van der Waals surface area contributed by atoms with Crippen LogP contribution in [0.1, 0.15) is 24.1 Å². The minimum absolute atomic E-state index is 0.0643. The van der Waals surface area contributed by atoms with Crippen molar-refractivity contribution in [3.63, 3.8) is 0 Å². The molecule has 0 radical (unpaired) electrons. The first-order valence-corrected chi connectivity index (χ1v) is 11.9. The maximum absolute atomic E-state index is 13.5. The molecule has 3 aromatic rings. The molecule has 0 saturated heterocycles. The number of carbonyl (C=O) groups is 1. The fraction of sp³-hybridized carbons (Fsp3) is 0.240. The Kier molecular flexibility index (Phi) is 7.60. The normalized spacial score (nSPS) is 12.0. The van der Waals surface area contributed by atoms with Gasteiger partial charge in [0, 0.05) is 5.56 Å². The van der Waals surface area contributed by atoms with E-state index in [9.17, 15) is 13.2 Å². The van der Waals surface area contributed by atoms with Crippen LogP contribution in [0.15, 0.2) is 77.7 Å². The Morgan fingerprint density at radius 3 is 2.18 bits per heavy atom. The predicted octanol–water partition coefficient (Wildman–Crippen LogP) is 4.08. The second kappa shape index (κ2) is 10.4. The van der Waals surface area contributed by atoms with Crippen molar-refractivity contribution < 1.29 is 22.7 Å². The van der Waals surface area contributed by atoms with Crippen LogP contribution in [0.4, 0.5) is 5.69 Å². The average molecular weight is 469 g/mol. The summed E-state index contributed by atoms with van der Waals surface area (Å²) in [6, 6.07) is 20.1. The molecule has 1 N–H and O–H groups in total. The molecule has 0 fully saturated rings. The van der Waals surface area contributed by atoms with Crippen LogP contribution in [0.2, 0.25) is 0 Å². The van der Waals surface area contributed by atoms with Crippen molar-refractivity contribution >= 4 is 21.6 Å². The standard InChI is InChI=1S/C25H28N2O5S/c1-18-9-11-20(12-10-18)27(33(29,30)22-15-13-21(31-3)14-16-22)17-25(28)26-19(2)23-7-5-6-8-24(23)32-4/h5-16,19H,17H2,1-4H3,(H,26,28)/t19-/m1/s1. The Bertz CT molecular complexity index is 1190. The highest BCUT2D eigenvalue weighted by Crippen LogP contribution is 2.27. The lowest BCUT2D eigenvalue weighted by Crippen LogP contribution is -2.41. The molecule has 7 nitrogen and oxygen atoms in total. The Morgan fingerprint density at radius 1 is 0.939 bits per heavy atom. The van der Waals surface area contributed by atoms with Gasteiger partial charge in [0.15, 0.2) is 0 Å². The number of rotatable bonds is 9. The molecule has 0 aromatic heterocycles. The van der Waals surface area contributed by atoms with Gasteiger partial charge >= 0.3 is 0 Å². The molecule has 1 atom stereocenters. The van der Waals surface area contributed by atoms with Crippen molar-refractivity contribution in [1.29, 1.82) is 0 Å². The van der Waals surface area contributed by atoms with E-state index in [1.165, 1.54) is 19.2 Å². The quantitative estimate of drug-likeness (QED) is 0.511. The molecular formula is C25H28N2O5S. The highest BCUT2D eigenvalue weighted by Gasteiger charge is 2.28. The zero-order valence-corrected chi connectivity index (χ0v) is 19.9. The molecular weight excluding hydrogens is 440 g/mol. The minimum atomic E-state index is -4.01. The SMILES string of the molecule is COc1ccc(S(=O)(=O)N(CC(=O)N[C@H](C)c2ccccc2OC)c2ccc(C)cc2)cc1. The highest BCUT2D eigenvalue weighted by molar-refractivity contribution is 7.92. The summed E-state index contributed by atoms with van der Waals surface area (Å²) in [5.74, 6) is 0.747. The van der Waals surface area contributed by atoms with Crippen LogP contribution in [-0.2, 0) is 14.8 Å². The molecule has 33 heavy (non-hydrogen) atoms. The molecule has 0 bridgehead atoms. The van der Waals surface area contributed by atoms with Crippen LogP contribution in [0.25, 0.3) is 0 Å². The number of carbonyl (C=O) groups excluding carboxylic acids is 1. The number of sulfonamides is 1. The van der Waals surface area contributed by atoms with Gasteiger partial charge in [-0.25, -0.2) is 8.42 Å². The predicted molar refractivity (Wildman–Crippen MR) is 128 cm³/mol. The Morgan fingerprint density at radius 2 is 1.58 bits per heavy atom. The van der Waals surface area contributed by atoms with E-state index in [1.54, 1.807) is 43.5 Å². The van der Waals surface area contributed by atoms with Crippen molar-refractivity contribution in [3.05, 3.63) is 83.9 Å². The molecule has 0 spiro atoms. The van der Waals surface area contributed by atoms with Gasteiger partial charge in [-0.3, -0.25) is 9.10 Å². The van der Waals surface area contributed by atoms with E-state index in [4.69, 9.17) is 9.47 Å². The second-order valence-corrected chi connectivity index (χ2v) is 9.42. The summed E-state index contributed by atoms with van der Waals surface area (Å²) in [4.78, 5) is 13.0. The zero-order chi connectivity index (χ0) is 24.0. The Hall–Kier alpha value is -3.52. The van der Waals surface area contributed by atoms with Crippen molar-refractivity contribution in [2.24, 2.45) is 0 Å². The first-order chi connectivity index (χ1) is 15.8. The molecule has 0 aliphatic heterocycles. The summed E-state index contributed by atoms with van der Waals surface area (Å²) < 4.78 is 38.6. The number of nitrogens with one attached hydrogen (secondary N) is 1. The third kappa shape index (κ3) is 5.64. The molecule has 3 aromatic carbocycles. The van der Waals surface area contributed by atoms with Crippen LogP contribution in [-0.4, -0.2) is 35.1 Å². The average Bonchev–Trinajstić information content (AvgIpc) is 2.83. The van der Waals surface area contributed by atoms with Gasteiger partial charge in [-0.2, -0.15) is 0 Å². The summed E-state index contributed by atoms with van der Waals surface area (Å²) in [6.45, 7) is 3.36. The van der Waals surface area contributed by atoms with Gasteiger partial charge < -0.3 is 14.8 Å². The Balaban J connectivity index is 1.89. The number of benzene rings is 3. The number of methoxy groups -OCH3 is 2. The van der Waals surface area contributed by atoms with Crippen molar-refractivity contribution in [3.8, 4) is 11.5 Å². The molecule has 0 aliphatic rings. The summed E-state index contributed by atoms with van der Waals surface area (Å²) in [5.41, 5.74) is 2.18. The van der Waals surface area contributed by atoms with Crippen LogP contribution in [0.5, 0.6) is 11.5 Å². The number of ether oxygens (including phenoxy) is 2. The van der Waals surface area contributed by atoms with Gasteiger partial charge in [-0.1, -0.05) is 35.9 Å². The van der Waals surface area contributed by atoms with Gasteiger partial charge in [0.1, 0.15) is 18.0 Å². The van der Waals surface area contributed by atoms with E-state index >= 15 is 0 Å². The van der Waals surface area contributed by atoms with Crippen LogP contribution in [0.3, 0.4) is 0 Å². The topological polar surface area (TPSA) is 84.9 Å². The number of hydrogen-bond donors (Lipinski definition) is 1. The monoisotopic (exact) mass is 468 g/mol. The van der Waals surface area contributed by atoms with Crippen molar-refractivity contribution in [2.75, 3.05) is 25.1 Å². The number of aryl methyl sites for hydroxylation is 1. The van der Waals surface area contributed by atoms with Crippen molar-refractivity contribution in [2.45, 2.75) is 24.8 Å². The maximum Gasteiger partial charge on any atom is 0.264 e. The molecule has 0 heterocycles. The fourth-order valence-corrected chi connectivity index (χ4v) is 4.84. The lowest BCUT2D eigenvalue weighted by molar-refractivity contribution is -0.120. The van der Waals surface area contributed by atoms with Crippen LogP contribution in [0, 0.1) is 6.92 Å². The lowest BCUT2D eigenvalue weighted by Gasteiger charge is -2.25. The molecule has 8 heteroatoms. The summed E-state index contributed by atoms with van der Waals surface area (Å²) in [7, 11) is -0.935. The Labute approximate surface area is 195 Å². The molecule has 0 saturated carbocycles. The van der Waals surface area contributed by atoms with Crippen molar-refractivity contribution in [1.82, 2.24) is 5.32 Å².